The van der Waals surface area contributed by atoms with E-state index >= 15 is 0 Å². The van der Waals surface area contributed by atoms with Gasteiger partial charge < -0.3 is 14.7 Å². The zero-order chi connectivity index (χ0) is 12.6. The maximum atomic E-state index is 2.27. The molecule has 0 fully saturated rings. The highest BCUT2D eigenvalue weighted by Crippen LogP contribution is 2.17. The predicted octanol–water partition coefficient (Wildman–Crippen LogP) is 1.42. The molecule has 0 aliphatic heterocycles. The van der Waals surface area contributed by atoms with Crippen LogP contribution in [-0.4, -0.2) is 76.6 Å². The van der Waals surface area contributed by atoms with Gasteiger partial charge in [0.05, 0.1) is 0 Å². The van der Waals surface area contributed by atoms with E-state index in [9.17, 15) is 0 Å². The SMILES string of the molecule is CN(C)CC[C](CCN(C)C)CCN(C)C. The summed E-state index contributed by atoms with van der Waals surface area (Å²) < 4.78 is 0. The molecular weight excluding hydrogens is 198 g/mol. The van der Waals surface area contributed by atoms with Gasteiger partial charge >= 0.3 is 0 Å². The number of nitrogens with zero attached hydrogens (tertiary/aromatic N) is 3. The molecule has 0 saturated heterocycles. The third kappa shape index (κ3) is 10.4. The molecule has 0 atom stereocenters. The van der Waals surface area contributed by atoms with Crippen LogP contribution in [0.4, 0.5) is 0 Å². The van der Waals surface area contributed by atoms with Crippen LogP contribution in [0, 0.1) is 5.92 Å². The summed E-state index contributed by atoms with van der Waals surface area (Å²) >= 11 is 0. The van der Waals surface area contributed by atoms with Gasteiger partial charge in [0.2, 0.25) is 0 Å². The number of hydrogen-bond acceptors (Lipinski definition) is 3. The molecule has 0 rings (SSSR count). The van der Waals surface area contributed by atoms with E-state index in [0.717, 1.165) is 0 Å². The van der Waals surface area contributed by atoms with E-state index in [-0.39, 0.29) is 0 Å². The van der Waals surface area contributed by atoms with Gasteiger partial charge in [-0.1, -0.05) is 0 Å². The van der Waals surface area contributed by atoms with Gasteiger partial charge in [0.25, 0.3) is 0 Å². The number of rotatable bonds is 9. The van der Waals surface area contributed by atoms with E-state index < -0.39 is 0 Å². The topological polar surface area (TPSA) is 9.72 Å². The lowest BCUT2D eigenvalue weighted by molar-refractivity contribution is 0.348. The van der Waals surface area contributed by atoms with E-state index in [1.54, 1.807) is 5.92 Å². The lowest BCUT2D eigenvalue weighted by Crippen LogP contribution is -2.22. The fraction of sp³-hybridized carbons (Fsp3) is 0.923. The third-order valence-electron chi connectivity index (χ3n) is 2.74. The maximum absolute atomic E-state index is 2.27. The molecule has 0 spiro atoms. The average molecular weight is 228 g/mol. The first kappa shape index (κ1) is 15.9. The van der Waals surface area contributed by atoms with Gasteiger partial charge in [0.15, 0.2) is 0 Å². The van der Waals surface area contributed by atoms with E-state index in [1.807, 2.05) is 0 Å². The Balaban J connectivity index is 3.85. The smallest absolute Gasteiger partial charge is 0.00193 e. The van der Waals surface area contributed by atoms with Crippen LogP contribution < -0.4 is 0 Å². The predicted molar refractivity (Wildman–Crippen MR) is 72.8 cm³/mol. The Hall–Kier alpha value is -0.120. The molecule has 0 aromatic carbocycles. The first-order valence-corrected chi connectivity index (χ1v) is 6.19. The van der Waals surface area contributed by atoms with Crippen molar-refractivity contribution in [3.63, 3.8) is 0 Å². The third-order valence-corrected chi connectivity index (χ3v) is 2.74. The second-order valence-corrected chi connectivity index (χ2v) is 5.41. The Labute approximate surface area is 102 Å². The quantitative estimate of drug-likeness (QED) is 0.591. The molecule has 0 bridgehead atoms. The molecule has 0 aliphatic carbocycles. The van der Waals surface area contributed by atoms with Gasteiger partial charge in [-0.3, -0.25) is 0 Å². The van der Waals surface area contributed by atoms with Crippen molar-refractivity contribution in [3.05, 3.63) is 5.92 Å². The molecule has 97 valence electrons. The Bertz CT molecular complexity index is 127. The molecule has 0 N–H and O–H groups in total. The summed E-state index contributed by atoms with van der Waals surface area (Å²) in [6.45, 7) is 3.53. The van der Waals surface area contributed by atoms with Crippen molar-refractivity contribution in [2.75, 3.05) is 61.9 Å². The Kier molecular flexibility index (Phi) is 8.90. The van der Waals surface area contributed by atoms with Crippen LogP contribution >= 0.6 is 0 Å². The Morgan fingerprint density at radius 1 is 0.562 bits per heavy atom. The fourth-order valence-electron chi connectivity index (χ4n) is 1.52. The van der Waals surface area contributed by atoms with E-state index in [1.165, 1.54) is 38.9 Å². The standard InChI is InChI=1S/C13H30N3/c1-14(2)10-7-13(8-11-15(3)4)9-12-16(5)6/h7-12H2,1-6H3. The first-order valence-electron chi connectivity index (χ1n) is 6.19. The highest BCUT2D eigenvalue weighted by atomic mass is 15.1. The van der Waals surface area contributed by atoms with Crippen LogP contribution in [0.5, 0.6) is 0 Å². The summed E-state index contributed by atoms with van der Waals surface area (Å²) in [5, 5.41) is 0. The average Bonchev–Trinajstić information content (AvgIpc) is 2.15. The molecule has 16 heavy (non-hydrogen) atoms. The summed E-state index contributed by atoms with van der Waals surface area (Å²) in [5.74, 6) is 1.70. The molecule has 0 aromatic rings. The Morgan fingerprint density at radius 2 is 0.812 bits per heavy atom. The first-order chi connectivity index (χ1) is 7.41. The van der Waals surface area contributed by atoms with Crippen LogP contribution in [0.2, 0.25) is 0 Å². The van der Waals surface area contributed by atoms with Crippen LogP contribution in [0.1, 0.15) is 19.3 Å². The van der Waals surface area contributed by atoms with Crippen LogP contribution in [0.3, 0.4) is 0 Å². The lowest BCUT2D eigenvalue weighted by atomic mass is 9.97. The van der Waals surface area contributed by atoms with Gasteiger partial charge in [-0.2, -0.15) is 0 Å². The summed E-state index contributed by atoms with van der Waals surface area (Å²) in [5.41, 5.74) is 0. The van der Waals surface area contributed by atoms with Crippen LogP contribution in [-0.2, 0) is 0 Å². The van der Waals surface area contributed by atoms with Crippen molar-refractivity contribution in [3.8, 4) is 0 Å². The Morgan fingerprint density at radius 3 is 1.00 bits per heavy atom. The summed E-state index contributed by atoms with van der Waals surface area (Å²) in [6.07, 6.45) is 3.73. The second-order valence-electron chi connectivity index (χ2n) is 5.41. The van der Waals surface area contributed by atoms with Crippen molar-refractivity contribution in [2.45, 2.75) is 19.3 Å². The zero-order valence-corrected chi connectivity index (χ0v) is 12.1. The molecule has 0 saturated carbocycles. The fourth-order valence-corrected chi connectivity index (χ4v) is 1.52. The normalized spacial score (nSPS) is 12.4. The summed E-state index contributed by atoms with van der Waals surface area (Å²) in [7, 11) is 12.9. The molecule has 0 unspecified atom stereocenters. The summed E-state index contributed by atoms with van der Waals surface area (Å²) in [6, 6.07) is 0. The molecule has 3 heteroatoms. The largest absolute Gasteiger partial charge is 0.309 e. The highest BCUT2D eigenvalue weighted by Gasteiger charge is 2.10. The molecule has 1 radical (unpaired) electrons. The molecule has 0 amide bonds. The van der Waals surface area contributed by atoms with E-state index in [0.29, 0.717) is 0 Å². The van der Waals surface area contributed by atoms with Crippen molar-refractivity contribution in [1.29, 1.82) is 0 Å². The van der Waals surface area contributed by atoms with Gasteiger partial charge in [0, 0.05) is 0 Å². The maximum Gasteiger partial charge on any atom is -0.00193 e. The van der Waals surface area contributed by atoms with Crippen molar-refractivity contribution in [2.24, 2.45) is 0 Å². The monoisotopic (exact) mass is 228 g/mol. The van der Waals surface area contributed by atoms with Gasteiger partial charge in [-0.15, -0.1) is 0 Å². The van der Waals surface area contributed by atoms with Crippen LogP contribution in [0.25, 0.3) is 0 Å². The molecule has 3 nitrogen and oxygen atoms in total. The van der Waals surface area contributed by atoms with Gasteiger partial charge in [-0.05, 0) is 87.1 Å². The van der Waals surface area contributed by atoms with Gasteiger partial charge in [-0.25, -0.2) is 0 Å². The van der Waals surface area contributed by atoms with Crippen LogP contribution in [0.15, 0.2) is 0 Å². The highest BCUT2D eigenvalue weighted by molar-refractivity contribution is 4.91. The lowest BCUT2D eigenvalue weighted by Gasteiger charge is -2.22. The van der Waals surface area contributed by atoms with Crippen molar-refractivity contribution < 1.29 is 0 Å². The molecular formula is C13H30N3. The second kappa shape index (κ2) is 8.97. The number of hydrogen-bond donors (Lipinski definition) is 0. The minimum atomic E-state index is 1.18. The summed E-state index contributed by atoms with van der Waals surface area (Å²) in [4.78, 5) is 6.81. The van der Waals surface area contributed by atoms with Gasteiger partial charge in [0.1, 0.15) is 0 Å². The minimum absolute atomic E-state index is 1.18. The molecule has 0 aliphatic rings. The van der Waals surface area contributed by atoms with E-state index in [4.69, 9.17) is 0 Å². The van der Waals surface area contributed by atoms with Crippen molar-refractivity contribution in [1.82, 2.24) is 14.7 Å². The minimum Gasteiger partial charge on any atom is -0.309 e. The van der Waals surface area contributed by atoms with Crippen molar-refractivity contribution >= 4 is 0 Å². The molecule has 0 heterocycles. The zero-order valence-electron chi connectivity index (χ0n) is 12.1. The van der Waals surface area contributed by atoms with E-state index in [2.05, 4.69) is 57.0 Å². The molecule has 0 aromatic heterocycles.